The highest BCUT2D eigenvalue weighted by Crippen LogP contribution is 2.14. The molecule has 0 saturated heterocycles. The van der Waals surface area contributed by atoms with E-state index in [-0.39, 0.29) is 11.3 Å². The molecule has 6 heteroatoms. The number of benzene rings is 2. The Bertz CT molecular complexity index is 747. The number of halogens is 1. The number of hydrogen-bond donors (Lipinski definition) is 1. The van der Waals surface area contributed by atoms with Crippen molar-refractivity contribution in [3.05, 3.63) is 65.5 Å². The highest BCUT2D eigenvalue weighted by Gasteiger charge is 2.13. The first-order chi connectivity index (χ1) is 11.0. The lowest BCUT2D eigenvalue weighted by Crippen LogP contribution is -2.26. The molecule has 0 amide bonds. The van der Waals surface area contributed by atoms with Gasteiger partial charge in [0, 0.05) is 12.1 Å². The number of nitrogens with one attached hydrogen (secondary N) is 1. The second kappa shape index (κ2) is 8.08. The van der Waals surface area contributed by atoms with E-state index in [2.05, 4.69) is 4.72 Å². The number of ether oxygens (including phenoxy) is 1. The van der Waals surface area contributed by atoms with Crippen molar-refractivity contribution >= 4 is 10.0 Å². The molecule has 0 aliphatic heterocycles. The molecular weight excluding hydrogens is 317 g/mol. The molecule has 1 N–H and O–H groups in total. The summed E-state index contributed by atoms with van der Waals surface area (Å²) < 4.78 is 45.1. The number of hydrogen-bond acceptors (Lipinski definition) is 3. The van der Waals surface area contributed by atoms with Crippen LogP contribution in [0.4, 0.5) is 4.39 Å². The van der Waals surface area contributed by atoms with Gasteiger partial charge in [0.2, 0.25) is 10.0 Å². The quantitative estimate of drug-likeness (QED) is 0.754. The first kappa shape index (κ1) is 17.4. The Labute approximate surface area is 136 Å². The summed E-state index contributed by atoms with van der Waals surface area (Å²) in [7, 11) is -1.93. The molecule has 2 aromatic carbocycles. The number of sulfonamides is 1. The van der Waals surface area contributed by atoms with E-state index in [0.717, 1.165) is 17.7 Å². The molecule has 0 atom stereocenters. The molecule has 0 heterocycles. The second-order valence-electron chi connectivity index (χ2n) is 5.20. The lowest BCUT2D eigenvalue weighted by Gasteiger charge is -2.08. The van der Waals surface area contributed by atoms with Crippen LogP contribution in [0.15, 0.2) is 48.5 Å². The summed E-state index contributed by atoms with van der Waals surface area (Å²) in [4.78, 5) is 0. The Kier molecular flexibility index (Phi) is 6.12. The van der Waals surface area contributed by atoms with Crippen LogP contribution in [0, 0.1) is 5.82 Å². The fraction of sp³-hybridized carbons (Fsp3) is 0.294. The van der Waals surface area contributed by atoms with E-state index in [0.29, 0.717) is 13.0 Å². The Morgan fingerprint density at radius 2 is 1.91 bits per heavy atom. The number of aryl methyl sites for hydroxylation is 1. The largest absolute Gasteiger partial charge is 0.497 e. The zero-order chi connectivity index (χ0) is 16.7. The lowest BCUT2D eigenvalue weighted by atomic mass is 10.1. The smallest absolute Gasteiger partial charge is 0.215 e. The van der Waals surface area contributed by atoms with E-state index >= 15 is 0 Å². The van der Waals surface area contributed by atoms with Crippen LogP contribution < -0.4 is 9.46 Å². The summed E-state index contributed by atoms with van der Waals surface area (Å²) in [6.07, 6.45) is 1.39. The second-order valence-corrected chi connectivity index (χ2v) is 7.01. The van der Waals surface area contributed by atoms with Crippen molar-refractivity contribution in [3.63, 3.8) is 0 Å². The average molecular weight is 337 g/mol. The minimum atomic E-state index is -3.54. The van der Waals surface area contributed by atoms with E-state index in [1.807, 2.05) is 24.3 Å². The normalized spacial score (nSPS) is 11.4. The van der Waals surface area contributed by atoms with Gasteiger partial charge in [0.25, 0.3) is 0 Å². The number of rotatable bonds is 8. The van der Waals surface area contributed by atoms with Gasteiger partial charge in [-0.15, -0.1) is 0 Å². The predicted molar refractivity (Wildman–Crippen MR) is 88.3 cm³/mol. The molecule has 2 aromatic rings. The van der Waals surface area contributed by atoms with Gasteiger partial charge < -0.3 is 4.74 Å². The minimum Gasteiger partial charge on any atom is -0.497 e. The first-order valence-corrected chi connectivity index (χ1v) is 8.99. The highest BCUT2D eigenvalue weighted by molar-refractivity contribution is 7.88. The lowest BCUT2D eigenvalue weighted by molar-refractivity contribution is 0.414. The molecule has 0 aliphatic carbocycles. The third-order valence-electron chi connectivity index (χ3n) is 3.40. The summed E-state index contributed by atoms with van der Waals surface area (Å²) >= 11 is 0. The van der Waals surface area contributed by atoms with Crippen LogP contribution in [0.3, 0.4) is 0 Å². The zero-order valence-electron chi connectivity index (χ0n) is 13.0. The Morgan fingerprint density at radius 3 is 2.65 bits per heavy atom. The van der Waals surface area contributed by atoms with Crippen LogP contribution in [0.25, 0.3) is 0 Å². The summed E-state index contributed by atoms with van der Waals surface area (Å²) in [5, 5.41) is 0. The first-order valence-electron chi connectivity index (χ1n) is 7.34. The molecule has 2 rings (SSSR count). The molecule has 23 heavy (non-hydrogen) atoms. The van der Waals surface area contributed by atoms with Crippen LogP contribution in [0.1, 0.15) is 17.5 Å². The van der Waals surface area contributed by atoms with Gasteiger partial charge in [-0.25, -0.2) is 17.5 Å². The Balaban J connectivity index is 1.82. The van der Waals surface area contributed by atoms with Crippen molar-refractivity contribution in [1.82, 2.24) is 4.72 Å². The maximum Gasteiger partial charge on any atom is 0.215 e. The predicted octanol–water partition coefficient (Wildman–Crippen LogP) is 2.89. The summed E-state index contributed by atoms with van der Waals surface area (Å²) in [6.45, 7) is 0.313. The van der Waals surface area contributed by atoms with E-state index in [1.54, 1.807) is 13.2 Å². The van der Waals surface area contributed by atoms with Crippen LogP contribution in [0.2, 0.25) is 0 Å². The van der Waals surface area contributed by atoms with Gasteiger partial charge in [0.15, 0.2) is 0 Å². The van der Waals surface area contributed by atoms with Crippen LogP contribution in [-0.4, -0.2) is 22.1 Å². The molecule has 124 valence electrons. The molecule has 0 bridgehead atoms. The van der Waals surface area contributed by atoms with E-state index < -0.39 is 15.8 Å². The molecule has 0 fully saturated rings. The van der Waals surface area contributed by atoms with Gasteiger partial charge in [0.05, 0.1) is 12.9 Å². The van der Waals surface area contributed by atoms with Crippen LogP contribution >= 0.6 is 0 Å². The molecular formula is C17H20FNO3S. The third-order valence-corrected chi connectivity index (χ3v) is 4.74. The minimum absolute atomic E-state index is 0.174. The molecule has 0 radical (unpaired) electrons. The number of methoxy groups -OCH3 is 1. The third kappa shape index (κ3) is 5.65. The fourth-order valence-corrected chi connectivity index (χ4v) is 3.42. The van der Waals surface area contributed by atoms with Gasteiger partial charge in [-0.3, -0.25) is 0 Å². The fourth-order valence-electron chi connectivity index (χ4n) is 2.22. The summed E-state index contributed by atoms with van der Waals surface area (Å²) in [6, 6.07) is 13.5. The van der Waals surface area contributed by atoms with Crippen molar-refractivity contribution in [2.75, 3.05) is 13.7 Å². The summed E-state index contributed by atoms with van der Waals surface area (Å²) in [5.41, 5.74) is 1.26. The van der Waals surface area contributed by atoms with Gasteiger partial charge in [0.1, 0.15) is 11.6 Å². The van der Waals surface area contributed by atoms with Gasteiger partial charge >= 0.3 is 0 Å². The molecule has 0 aliphatic rings. The van der Waals surface area contributed by atoms with Crippen molar-refractivity contribution < 1.29 is 17.5 Å². The SMILES string of the molecule is COc1cccc(CCCNS(=O)(=O)Cc2ccccc2F)c1. The molecule has 0 spiro atoms. The van der Waals surface area contributed by atoms with Crippen LogP contribution in [0.5, 0.6) is 5.75 Å². The van der Waals surface area contributed by atoms with E-state index in [9.17, 15) is 12.8 Å². The van der Waals surface area contributed by atoms with Crippen LogP contribution in [-0.2, 0) is 22.2 Å². The van der Waals surface area contributed by atoms with Gasteiger partial charge in [-0.05, 0) is 36.6 Å². The monoisotopic (exact) mass is 337 g/mol. The van der Waals surface area contributed by atoms with Crippen molar-refractivity contribution in [3.8, 4) is 5.75 Å². The van der Waals surface area contributed by atoms with Gasteiger partial charge in [-0.2, -0.15) is 0 Å². The molecule has 4 nitrogen and oxygen atoms in total. The topological polar surface area (TPSA) is 55.4 Å². The molecule has 0 unspecified atom stereocenters. The molecule has 0 saturated carbocycles. The van der Waals surface area contributed by atoms with Crippen molar-refractivity contribution in [1.29, 1.82) is 0 Å². The zero-order valence-corrected chi connectivity index (χ0v) is 13.8. The summed E-state index contributed by atoms with van der Waals surface area (Å²) in [5.74, 6) is -0.0735. The van der Waals surface area contributed by atoms with Crippen molar-refractivity contribution in [2.45, 2.75) is 18.6 Å². The van der Waals surface area contributed by atoms with Gasteiger partial charge in [-0.1, -0.05) is 30.3 Å². The van der Waals surface area contributed by atoms with E-state index in [4.69, 9.17) is 4.74 Å². The van der Waals surface area contributed by atoms with E-state index in [1.165, 1.54) is 18.2 Å². The standard InChI is InChI=1S/C17H20FNO3S/c1-22-16-9-4-6-14(12-16)7-5-11-19-23(20,21)13-15-8-2-3-10-17(15)18/h2-4,6,8-10,12,19H,5,7,11,13H2,1H3. The maximum absolute atomic E-state index is 13.5. The van der Waals surface area contributed by atoms with Crippen molar-refractivity contribution in [2.24, 2.45) is 0 Å². The average Bonchev–Trinajstić information content (AvgIpc) is 2.54. The Hall–Kier alpha value is -1.92. The Morgan fingerprint density at radius 1 is 1.13 bits per heavy atom. The maximum atomic E-state index is 13.5. The molecule has 0 aromatic heterocycles. The highest BCUT2D eigenvalue weighted by atomic mass is 32.2.